The molecule has 4 unspecified atom stereocenters. The SMILES string of the molecule is CC1NCCCC1NC(=O)C1CC(=O)N(C(C)c2ccccc2)C1.Cl. The Morgan fingerprint density at radius 3 is 2.72 bits per heavy atom. The van der Waals surface area contributed by atoms with Gasteiger partial charge in [0.25, 0.3) is 0 Å². The van der Waals surface area contributed by atoms with Crippen molar-refractivity contribution in [1.29, 1.82) is 0 Å². The highest BCUT2D eigenvalue weighted by Gasteiger charge is 2.38. The molecule has 0 bridgehead atoms. The first-order valence-electron chi connectivity index (χ1n) is 8.94. The number of hydrogen-bond acceptors (Lipinski definition) is 3. The summed E-state index contributed by atoms with van der Waals surface area (Å²) >= 11 is 0. The maximum Gasteiger partial charge on any atom is 0.225 e. The third-order valence-corrected chi connectivity index (χ3v) is 5.37. The van der Waals surface area contributed by atoms with Crippen LogP contribution in [0.3, 0.4) is 0 Å². The van der Waals surface area contributed by atoms with E-state index in [1.54, 1.807) is 0 Å². The molecule has 0 aliphatic carbocycles. The highest BCUT2D eigenvalue weighted by atomic mass is 35.5. The van der Waals surface area contributed by atoms with Crippen LogP contribution in [-0.4, -0.2) is 41.9 Å². The molecule has 1 aromatic carbocycles. The van der Waals surface area contributed by atoms with E-state index in [4.69, 9.17) is 0 Å². The molecule has 1 aromatic rings. The molecule has 0 spiro atoms. The fraction of sp³-hybridized carbons (Fsp3) is 0.579. The van der Waals surface area contributed by atoms with Crippen LogP contribution in [0, 0.1) is 5.92 Å². The van der Waals surface area contributed by atoms with Crippen molar-refractivity contribution in [3.05, 3.63) is 35.9 Å². The first-order chi connectivity index (χ1) is 11.6. The molecule has 2 N–H and O–H groups in total. The van der Waals surface area contributed by atoms with Crippen LogP contribution in [0.1, 0.15) is 44.7 Å². The van der Waals surface area contributed by atoms with Gasteiger partial charge in [0.2, 0.25) is 11.8 Å². The number of nitrogens with one attached hydrogen (secondary N) is 2. The molecule has 6 heteroatoms. The molecule has 2 fully saturated rings. The van der Waals surface area contributed by atoms with Crippen LogP contribution in [0.25, 0.3) is 0 Å². The van der Waals surface area contributed by atoms with Gasteiger partial charge in [-0.3, -0.25) is 9.59 Å². The summed E-state index contributed by atoms with van der Waals surface area (Å²) in [4.78, 5) is 26.8. The third kappa shape index (κ3) is 4.53. The highest BCUT2D eigenvalue weighted by Crippen LogP contribution is 2.28. The van der Waals surface area contributed by atoms with Gasteiger partial charge in [0, 0.05) is 25.0 Å². The molecular weight excluding hydrogens is 338 g/mol. The Hall–Kier alpha value is -1.59. The standard InChI is InChI=1S/C19H27N3O2.ClH/c1-13-17(9-6-10-20-13)21-19(24)16-11-18(23)22(12-16)14(2)15-7-4-3-5-8-15;/h3-5,7-8,13-14,16-17,20H,6,9-12H2,1-2H3,(H,21,24);1H. The van der Waals surface area contributed by atoms with Crippen LogP contribution in [0.2, 0.25) is 0 Å². The van der Waals surface area contributed by atoms with Crippen LogP contribution in [0.15, 0.2) is 30.3 Å². The normalized spacial score (nSPS) is 27.5. The molecule has 4 atom stereocenters. The molecule has 0 aromatic heterocycles. The average Bonchev–Trinajstić information content (AvgIpc) is 2.99. The van der Waals surface area contributed by atoms with Crippen LogP contribution >= 0.6 is 12.4 Å². The second-order valence-electron chi connectivity index (χ2n) is 7.03. The van der Waals surface area contributed by atoms with Gasteiger partial charge in [-0.2, -0.15) is 0 Å². The maximum atomic E-state index is 12.6. The number of nitrogens with zero attached hydrogens (tertiary/aromatic N) is 1. The Morgan fingerprint density at radius 2 is 2.04 bits per heavy atom. The Balaban J connectivity index is 0.00000225. The van der Waals surface area contributed by atoms with Gasteiger partial charge in [0.15, 0.2) is 0 Å². The first-order valence-corrected chi connectivity index (χ1v) is 8.94. The van der Waals surface area contributed by atoms with Crippen LogP contribution in [0.5, 0.6) is 0 Å². The highest BCUT2D eigenvalue weighted by molar-refractivity contribution is 5.89. The summed E-state index contributed by atoms with van der Waals surface area (Å²) in [5.74, 6) is -0.147. The molecule has 3 rings (SSSR count). The lowest BCUT2D eigenvalue weighted by Crippen LogP contribution is -2.53. The Morgan fingerprint density at radius 1 is 1.32 bits per heavy atom. The molecule has 0 radical (unpaired) electrons. The van der Waals surface area contributed by atoms with Crippen molar-refractivity contribution in [2.75, 3.05) is 13.1 Å². The van der Waals surface area contributed by atoms with E-state index in [0.717, 1.165) is 24.9 Å². The number of halogens is 1. The molecule has 2 heterocycles. The van der Waals surface area contributed by atoms with Crippen molar-refractivity contribution < 1.29 is 9.59 Å². The van der Waals surface area contributed by atoms with E-state index in [0.29, 0.717) is 19.0 Å². The predicted octanol–water partition coefficient (Wildman–Crippen LogP) is 2.27. The van der Waals surface area contributed by atoms with Crippen molar-refractivity contribution in [1.82, 2.24) is 15.5 Å². The topological polar surface area (TPSA) is 61.4 Å². The van der Waals surface area contributed by atoms with Crippen LogP contribution in [0.4, 0.5) is 0 Å². The molecule has 138 valence electrons. The fourth-order valence-corrected chi connectivity index (χ4v) is 3.73. The summed E-state index contributed by atoms with van der Waals surface area (Å²) < 4.78 is 0. The molecule has 5 nitrogen and oxygen atoms in total. The predicted molar refractivity (Wildman–Crippen MR) is 101 cm³/mol. The fourth-order valence-electron chi connectivity index (χ4n) is 3.73. The van der Waals surface area contributed by atoms with Crippen molar-refractivity contribution >= 4 is 24.2 Å². The Bertz CT molecular complexity index is 596. The van der Waals surface area contributed by atoms with Crippen molar-refractivity contribution in [2.24, 2.45) is 5.92 Å². The summed E-state index contributed by atoms with van der Waals surface area (Å²) in [5, 5.41) is 6.54. The first kappa shape index (κ1) is 19.7. The van der Waals surface area contributed by atoms with Gasteiger partial charge in [-0.25, -0.2) is 0 Å². The van der Waals surface area contributed by atoms with Gasteiger partial charge in [-0.05, 0) is 38.8 Å². The minimum absolute atomic E-state index is 0. The molecule has 2 aliphatic rings. The number of carbonyl (C=O) groups is 2. The van der Waals surface area contributed by atoms with Gasteiger partial charge in [0.05, 0.1) is 12.0 Å². The third-order valence-electron chi connectivity index (χ3n) is 5.37. The largest absolute Gasteiger partial charge is 0.352 e. The monoisotopic (exact) mass is 365 g/mol. The number of carbonyl (C=O) groups excluding carboxylic acids is 2. The van der Waals surface area contributed by atoms with Gasteiger partial charge in [0.1, 0.15) is 0 Å². The second-order valence-corrected chi connectivity index (χ2v) is 7.03. The number of amides is 2. The second kappa shape index (κ2) is 8.68. The lowest BCUT2D eigenvalue weighted by Gasteiger charge is -2.31. The number of benzene rings is 1. The number of piperidine rings is 1. The van der Waals surface area contributed by atoms with Gasteiger partial charge in [-0.1, -0.05) is 30.3 Å². The molecule has 2 amide bonds. The Kier molecular flexibility index (Phi) is 6.85. The van der Waals surface area contributed by atoms with E-state index in [9.17, 15) is 9.59 Å². The smallest absolute Gasteiger partial charge is 0.225 e. The molecular formula is C19H28ClN3O2. The van der Waals surface area contributed by atoms with Crippen LogP contribution in [-0.2, 0) is 9.59 Å². The van der Waals surface area contributed by atoms with E-state index >= 15 is 0 Å². The molecule has 2 saturated heterocycles. The Labute approximate surface area is 155 Å². The van der Waals surface area contributed by atoms with E-state index < -0.39 is 0 Å². The minimum atomic E-state index is -0.238. The van der Waals surface area contributed by atoms with E-state index in [-0.39, 0.29) is 42.2 Å². The zero-order valence-electron chi connectivity index (χ0n) is 14.9. The lowest BCUT2D eigenvalue weighted by molar-refractivity contribution is -0.130. The van der Waals surface area contributed by atoms with E-state index in [1.165, 1.54) is 0 Å². The van der Waals surface area contributed by atoms with Gasteiger partial charge < -0.3 is 15.5 Å². The van der Waals surface area contributed by atoms with Crippen molar-refractivity contribution in [2.45, 2.75) is 51.2 Å². The maximum absolute atomic E-state index is 12.6. The number of hydrogen-bond donors (Lipinski definition) is 2. The van der Waals surface area contributed by atoms with E-state index in [1.807, 2.05) is 42.2 Å². The molecule has 0 saturated carbocycles. The van der Waals surface area contributed by atoms with Crippen molar-refractivity contribution in [3.8, 4) is 0 Å². The summed E-state index contributed by atoms with van der Waals surface area (Å²) in [6.45, 7) is 5.65. The summed E-state index contributed by atoms with van der Waals surface area (Å²) in [6.07, 6.45) is 2.40. The molecule has 2 aliphatic heterocycles. The van der Waals surface area contributed by atoms with Crippen molar-refractivity contribution in [3.63, 3.8) is 0 Å². The van der Waals surface area contributed by atoms with Gasteiger partial charge in [-0.15, -0.1) is 12.4 Å². The summed E-state index contributed by atoms with van der Waals surface area (Å²) in [5.41, 5.74) is 1.11. The quantitative estimate of drug-likeness (QED) is 0.860. The number of rotatable bonds is 4. The zero-order chi connectivity index (χ0) is 17.1. The zero-order valence-corrected chi connectivity index (χ0v) is 15.7. The minimum Gasteiger partial charge on any atom is -0.352 e. The van der Waals surface area contributed by atoms with Crippen LogP contribution < -0.4 is 10.6 Å². The summed E-state index contributed by atoms with van der Waals surface area (Å²) in [7, 11) is 0. The summed E-state index contributed by atoms with van der Waals surface area (Å²) in [6, 6.07) is 10.5. The average molecular weight is 366 g/mol. The van der Waals surface area contributed by atoms with E-state index in [2.05, 4.69) is 17.6 Å². The lowest BCUT2D eigenvalue weighted by atomic mass is 9.98. The van der Waals surface area contributed by atoms with Gasteiger partial charge >= 0.3 is 0 Å². The molecule has 25 heavy (non-hydrogen) atoms. The number of likely N-dealkylation sites (tertiary alicyclic amines) is 1.